The summed E-state index contributed by atoms with van der Waals surface area (Å²) in [5.41, 5.74) is 1.20. The van der Waals surface area contributed by atoms with Crippen molar-refractivity contribution in [2.75, 3.05) is 13.2 Å². The number of rotatable bonds is 8. The van der Waals surface area contributed by atoms with Crippen molar-refractivity contribution in [1.82, 2.24) is 0 Å². The maximum atomic E-state index is 8.92. The van der Waals surface area contributed by atoms with Gasteiger partial charge in [0.05, 0.1) is 45.4 Å². The van der Waals surface area contributed by atoms with E-state index >= 15 is 0 Å². The average Bonchev–Trinajstić information content (AvgIpc) is 2.63. The molecule has 0 fully saturated rings. The van der Waals surface area contributed by atoms with E-state index < -0.39 is 0 Å². The number of nitrogens with zero attached hydrogens (tertiary/aromatic N) is 2. The van der Waals surface area contributed by atoms with Gasteiger partial charge in [0, 0.05) is 0 Å². The molecule has 0 saturated heterocycles. The maximum absolute atomic E-state index is 8.92. The molecule has 0 spiro atoms. The quantitative estimate of drug-likeness (QED) is 0.479. The lowest BCUT2D eigenvalue weighted by Crippen LogP contribution is -2.02. The standard InChI is InChI=1S/C19H16Br2N2O2/c20-17-10-15(13-23)11-18(21)19(17)25-9-3-1-2-8-24-16-6-4-14(12-22)5-7-16/h4-7,10-11H,1-3,8-9H2. The lowest BCUT2D eigenvalue weighted by atomic mass is 10.2. The summed E-state index contributed by atoms with van der Waals surface area (Å²) >= 11 is 6.85. The average molecular weight is 464 g/mol. The Morgan fingerprint density at radius 2 is 1.32 bits per heavy atom. The molecule has 0 aliphatic heterocycles. The van der Waals surface area contributed by atoms with Crippen molar-refractivity contribution < 1.29 is 9.47 Å². The van der Waals surface area contributed by atoms with Gasteiger partial charge in [0.1, 0.15) is 11.5 Å². The molecule has 0 unspecified atom stereocenters. The summed E-state index contributed by atoms with van der Waals surface area (Å²) < 4.78 is 13.0. The van der Waals surface area contributed by atoms with Crippen LogP contribution in [0.1, 0.15) is 30.4 Å². The molecule has 0 radical (unpaired) electrons. The molecule has 2 aromatic carbocycles. The molecule has 2 rings (SSSR count). The van der Waals surface area contributed by atoms with Gasteiger partial charge in [0.2, 0.25) is 0 Å². The van der Waals surface area contributed by atoms with Gasteiger partial charge < -0.3 is 9.47 Å². The molecule has 0 saturated carbocycles. The summed E-state index contributed by atoms with van der Waals surface area (Å²) in [6.45, 7) is 1.23. The van der Waals surface area contributed by atoms with E-state index in [9.17, 15) is 0 Å². The number of ether oxygens (including phenoxy) is 2. The van der Waals surface area contributed by atoms with Crippen molar-refractivity contribution in [2.45, 2.75) is 19.3 Å². The van der Waals surface area contributed by atoms with Crippen LogP contribution in [0.25, 0.3) is 0 Å². The fraction of sp³-hybridized carbons (Fsp3) is 0.263. The summed E-state index contributed by atoms with van der Waals surface area (Å²) in [6.07, 6.45) is 2.83. The number of hydrogen-bond donors (Lipinski definition) is 0. The SMILES string of the molecule is N#Cc1ccc(OCCCCCOc2c(Br)cc(C#N)cc2Br)cc1. The number of hydrogen-bond acceptors (Lipinski definition) is 4. The zero-order chi connectivity index (χ0) is 18.1. The Labute approximate surface area is 164 Å². The van der Waals surface area contributed by atoms with Crippen molar-refractivity contribution in [2.24, 2.45) is 0 Å². The number of benzene rings is 2. The Bertz CT molecular complexity index is 770. The van der Waals surface area contributed by atoms with E-state index in [1.165, 1.54) is 0 Å². The second-order valence-electron chi connectivity index (χ2n) is 5.27. The topological polar surface area (TPSA) is 66.0 Å². The van der Waals surface area contributed by atoms with Gasteiger partial charge in [-0.15, -0.1) is 0 Å². The zero-order valence-electron chi connectivity index (χ0n) is 13.5. The lowest BCUT2D eigenvalue weighted by Gasteiger charge is -2.11. The molecule has 0 amide bonds. The molecular formula is C19H16Br2N2O2. The fourth-order valence-electron chi connectivity index (χ4n) is 2.13. The molecule has 0 N–H and O–H groups in total. The van der Waals surface area contributed by atoms with Crippen LogP contribution in [0.3, 0.4) is 0 Å². The minimum atomic E-state index is 0.575. The Hall–Kier alpha value is -2.02. The number of halogens is 2. The van der Waals surface area contributed by atoms with Crippen LogP contribution >= 0.6 is 31.9 Å². The van der Waals surface area contributed by atoms with Gasteiger partial charge in [0.25, 0.3) is 0 Å². The van der Waals surface area contributed by atoms with Gasteiger partial charge in [-0.05, 0) is 87.5 Å². The fourth-order valence-corrected chi connectivity index (χ4v) is 3.55. The van der Waals surface area contributed by atoms with Crippen LogP contribution in [0.5, 0.6) is 11.5 Å². The predicted molar refractivity (Wildman–Crippen MR) is 103 cm³/mol. The third-order valence-electron chi connectivity index (χ3n) is 3.41. The first-order valence-corrected chi connectivity index (χ1v) is 9.37. The van der Waals surface area contributed by atoms with Gasteiger partial charge in [-0.25, -0.2) is 0 Å². The number of nitriles is 2. The lowest BCUT2D eigenvalue weighted by molar-refractivity contribution is 0.277. The van der Waals surface area contributed by atoms with Crippen molar-refractivity contribution in [3.8, 4) is 23.6 Å². The molecule has 2 aromatic rings. The van der Waals surface area contributed by atoms with Crippen molar-refractivity contribution in [3.63, 3.8) is 0 Å². The van der Waals surface area contributed by atoms with E-state index in [0.717, 1.165) is 34.0 Å². The molecule has 25 heavy (non-hydrogen) atoms. The first kappa shape index (κ1) is 19.3. The third-order valence-corrected chi connectivity index (χ3v) is 4.59. The van der Waals surface area contributed by atoms with Gasteiger partial charge in [-0.3, -0.25) is 0 Å². The largest absolute Gasteiger partial charge is 0.494 e. The highest BCUT2D eigenvalue weighted by Crippen LogP contribution is 2.34. The minimum absolute atomic E-state index is 0.575. The van der Waals surface area contributed by atoms with Crippen LogP contribution in [0.2, 0.25) is 0 Å². The Kier molecular flexibility index (Phi) is 7.78. The van der Waals surface area contributed by atoms with E-state index in [4.69, 9.17) is 20.0 Å². The maximum Gasteiger partial charge on any atom is 0.147 e. The van der Waals surface area contributed by atoms with E-state index in [1.54, 1.807) is 24.3 Å². The van der Waals surface area contributed by atoms with Crippen molar-refractivity contribution in [1.29, 1.82) is 10.5 Å². The number of unbranched alkanes of at least 4 members (excludes halogenated alkanes) is 2. The highest BCUT2D eigenvalue weighted by molar-refractivity contribution is 9.11. The molecule has 0 bridgehead atoms. The Morgan fingerprint density at radius 1 is 0.760 bits per heavy atom. The molecule has 0 aliphatic rings. The summed E-state index contributed by atoms with van der Waals surface area (Å²) in [6, 6.07) is 14.8. The highest BCUT2D eigenvalue weighted by Gasteiger charge is 2.08. The minimum Gasteiger partial charge on any atom is -0.494 e. The summed E-state index contributed by atoms with van der Waals surface area (Å²) in [5.74, 6) is 1.49. The molecule has 0 heterocycles. The Morgan fingerprint density at radius 3 is 1.88 bits per heavy atom. The van der Waals surface area contributed by atoms with Gasteiger partial charge in [-0.2, -0.15) is 10.5 Å². The van der Waals surface area contributed by atoms with Gasteiger partial charge in [0.15, 0.2) is 0 Å². The predicted octanol–water partition coefficient (Wildman–Crippen LogP) is 5.58. The van der Waals surface area contributed by atoms with Crippen LogP contribution in [0.4, 0.5) is 0 Å². The second-order valence-corrected chi connectivity index (χ2v) is 6.98. The van der Waals surface area contributed by atoms with E-state index in [-0.39, 0.29) is 0 Å². The zero-order valence-corrected chi connectivity index (χ0v) is 16.6. The Balaban J connectivity index is 1.65. The second kappa shape index (κ2) is 10.1. The summed E-state index contributed by atoms with van der Waals surface area (Å²) in [7, 11) is 0. The summed E-state index contributed by atoms with van der Waals surface area (Å²) in [5, 5.41) is 17.7. The van der Waals surface area contributed by atoms with E-state index in [0.29, 0.717) is 30.1 Å². The first-order valence-electron chi connectivity index (χ1n) is 7.79. The molecule has 0 aliphatic carbocycles. The highest BCUT2D eigenvalue weighted by atomic mass is 79.9. The molecule has 6 heteroatoms. The molecule has 0 aromatic heterocycles. The van der Waals surface area contributed by atoms with Gasteiger partial charge in [-0.1, -0.05) is 0 Å². The molecule has 128 valence electrons. The van der Waals surface area contributed by atoms with Crippen LogP contribution in [0.15, 0.2) is 45.3 Å². The molecule has 4 nitrogen and oxygen atoms in total. The monoisotopic (exact) mass is 462 g/mol. The third kappa shape index (κ3) is 6.08. The molecular weight excluding hydrogens is 448 g/mol. The van der Waals surface area contributed by atoms with Gasteiger partial charge >= 0.3 is 0 Å². The van der Waals surface area contributed by atoms with Crippen LogP contribution in [-0.2, 0) is 0 Å². The van der Waals surface area contributed by atoms with E-state index in [1.807, 2.05) is 12.1 Å². The van der Waals surface area contributed by atoms with Crippen LogP contribution in [0, 0.1) is 22.7 Å². The molecule has 0 atom stereocenters. The summed E-state index contributed by atoms with van der Waals surface area (Å²) in [4.78, 5) is 0. The normalized spacial score (nSPS) is 9.92. The van der Waals surface area contributed by atoms with Crippen LogP contribution in [-0.4, -0.2) is 13.2 Å². The van der Waals surface area contributed by atoms with Crippen molar-refractivity contribution in [3.05, 3.63) is 56.5 Å². The smallest absolute Gasteiger partial charge is 0.147 e. The van der Waals surface area contributed by atoms with E-state index in [2.05, 4.69) is 44.0 Å². The first-order chi connectivity index (χ1) is 12.1. The van der Waals surface area contributed by atoms with Crippen LogP contribution < -0.4 is 9.47 Å². The van der Waals surface area contributed by atoms with Crippen molar-refractivity contribution >= 4 is 31.9 Å².